The Labute approximate surface area is 174 Å². The SMILES string of the molecule is Cc1cc(C)nc(C)c1.Cc1cc(C)nc(C)n1.Cc1ccc2ccccc2c1. The van der Waals surface area contributed by atoms with Crippen molar-refractivity contribution in [1.82, 2.24) is 15.0 Å². The summed E-state index contributed by atoms with van der Waals surface area (Å²) in [5, 5.41) is 2.64. The average molecular weight is 386 g/mol. The summed E-state index contributed by atoms with van der Waals surface area (Å²) in [6, 6.07) is 21.0. The van der Waals surface area contributed by atoms with Gasteiger partial charge in [-0.15, -0.1) is 0 Å². The van der Waals surface area contributed by atoms with Crippen molar-refractivity contribution in [3.63, 3.8) is 0 Å². The van der Waals surface area contributed by atoms with Gasteiger partial charge in [-0.2, -0.15) is 0 Å². The van der Waals surface area contributed by atoms with Crippen LogP contribution in [0, 0.1) is 48.5 Å². The van der Waals surface area contributed by atoms with E-state index in [4.69, 9.17) is 0 Å². The summed E-state index contributed by atoms with van der Waals surface area (Å²) >= 11 is 0. The van der Waals surface area contributed by atoms with Crippen LogP contribution in [-0.4, -0.2) is 15.0 Å². The minimum atomic E-state index is 0.854. The van der Waals surface area contributed by atoms with E-state index in [1.807, 2.05) is 40.7 Å². The lowest BCUT2D eigenvalue weighted by molar-refractivity contribution is 0.976. The molecule has 0 amide bonds. The maximum Gasteiger partial charge on any atom is 0.125 e. The van der Waals surface area contributed by atoms with Gasteiger partial charge >= 0.3 is 0 Å². The number of hydrogen-bond donors (Lipinski definition) is 0. The van der Waals surface area contributed by atoms with Crippen LogP contribution in [0.15, 0.2) is 60.7 Å². The molecule has 0 saturated heterocycles. The lowest BCUT2D eigenvalue weighted by atomic mass is 10.1. The summed E-state index contributed by atoms with van der Waals surface area (Å²) in [5.74, 6) is 0.854. The highest BCUT2D eigenvalue weighted by atomic mass is 14.9. The number of rotatable bonds is 0. The molecule has 0 radical (unpaired) electrons. The number of aromatic nitrogens is 3. The molecule has 0 bridgehead atoms. The third-order valence-corrected chi connectivity index (χ3v) is 4.22. The topological polar surface area (TPSA) is 38.7 Å². The Bertz CT molecular complexity index is 934. The Morgan fingerprint density at radius 2 is 0.966 bits per heavy atom. The summed E-state index contributed by atoms with van der Waals surface area (Å²) < 4.78 is 0. The van der Waals surface area contributed by atoms with E-state index >= 15 is 0 Å². The van der Waals surface area contributed by atoms with Crippen molar-refractivity contribution >= 4 is 10.8 Å². The van der Waals surface area contributed by atoms with Crippen LogP contribution in [0.3, 0.4) is 0 Å². The largest absolute Gasteiger partial charge is 0.258 e. The van der Waals surface area contributed by atoms with Gasteiger partial charge in [-0.25, -0.2) is 9.97 Å². The van der Waals surface area contributed by atoms with Crippen LogP contribution in [-0.2, 0) is 0 Å². The van der Waals surface area contributed by atoms with Crippen LogP contribution in [0.5, 0.6) is 0 Å². The molecule has 0 saturated carbocycles. The van der Waals surface area contributed by atoms with E-state index in [0.29, 0.717) is 0 Å². The van der Waals surface area contributed by atoms with Gasteiger partial charge in [0.25, 0.3) is 0 Å². The highest BCUT2D eigenvalue weighted by Gasteiger charge is 1.91. The summed E-state index contributed by atoms with van der Waals surface area (Å²) in [7, 11) is 0. The van der Waals surface area contributed by atoms with Crippen molar-refractivity contribution in [3.05, 3.63) is 100 Å². The molecule has 2 heterocycles. The molecule has 150 valence electrons. The minimum absolute atomic E-state index is 0.854. The summed E-state index contributed by atoms with van der Waals surface area (Å²) in [4.78, 5) is 12.5. The predicted octanol–water partition coefficient (Wildman–Crippen LogP) is 6.56. The Hall–Kier alpha value is -3.07. The van der Waals surface area contributed by atoms with Gasteiger partial charge in [0.05, 0.1) is 0 Å². The molecule has 4 aromatic rings. The van der Waals surface area contributed by atoms with E-state index in [2.05, 4.69) is 83.4 Å². The molecular formula is C26H31N3. The van der Waals surface area contributed by atoms with Crippen molar-refractivity contribution in [3.8, 4) is 0 Å². The molecule has 2 aromatic heterocycles. The van der Waals surface area contributed by atoms with E-state index in [9.17, 15) is 0 Å². The van der Waals surface area contributed by atoms with Gasteiger partial charge in [0, 0.05) is 22.8 Å². The van der Waals surface area contributed by atoms with Crippen molar-refractivity contribution in [2.45, 2.75) is 48.5 Å². The highest BCUT2D eigenvalue weighted by Crippen LogP contribution is 2.14. The Balaban J connectivity index is 0.000000157. The smallest absolute Gasteiger partial charge is 0.125 e. The first-order valence-corrected chi connectivity index (χ1v) is 9.89. The number of benzene rings is 2. The minimum Gasteiger partial charge on any atom is -0.258 e. The fraction of sp³-hybridized carbons (Fsp3) is 0.269. The Morgan fingerprint density at radius 1 is 0.448 bits per heavy atom. The number of aryl methyl sites for hydroxylation is 7. The van der Waals surface area contributed by atoms with E-state index < -0.39 is 0 Å². The van der Waals surface area contributed by atoms with Crippen LogP contribution < -0.4 is 0 Å². The van der Waals surface area contributed by atoms with Gasteiger partial charge in [0.2, 0.25) is 0 Å². The summed E-state index contributed by atoms with van der Waals surface area (Å²) in [6.07, 6.45) is 0. The van der Waals surface area contributed by atoms with Crippen molar-refractivity contribution in [2.75, 3.05) is 0 Å². The zero-order chi connectivity index (χ0) is 21.4. The second-order valence-corrected chi connectivity index (χ2v) is 7.48. The van der Waals surface area contributed by atoms with Crippen molar-refractivity contribution in [1.29, 1.82) is 0 Å². The molecule has 0 atom stereocenters. The highest BCUT2D eigenvalue weighted by molar-refractivity contribution is 5.82. The van der Waals surface area contributed by atoms with Gasteiger partial charge in [-0.05, 0) is 83.0 Å². The van der Waals surface area contributed by atoms with Crippen LogP contribution in [0.1, 0.15) is 39.7 Å². The van der Waals surface area contributed by atoms with E-state index in [1.165, 1.54) is 21.9 Å². The van der Waals surface area contributed by atoms with Gasteiger partial charge in [-0.1, -0.05) is 48.0 Å². The molecule has 3 nitrogen and oxygen atoms in total. The van der Waals surface area contributed by atoms with Gasteiger partial charge in [0.15, 0.2) is 0 Å². The van der Waals surface area contributed by atoms with Crippen LogP contribution in [0.25, 0.3) is 10.8 Å². The first-order chi connectivity index (χ1) is 13.7. The first kappa shape index (κ1) is 22.2. The Kier molecular flexibility index (Phi) is 8.02. The molecule has 0 N–H and O–H groups in total. The Morgan fingerprint density at radius 3 is 1.48 bits per heavy atom. The molecule has 0 spiro atoms. The standard InChI is InChI=1S/C11H10.C8H11N.C7H10N2/c1-9-6-7-10-4-2-3-5-11(10)8-9;1-6-4-7(2)9-8(3)5-6;1-5-4-6(2)9-7(3)8-5/h2-8H,1H3;4-5H,1-3H3;4H,1-3H3. The van der Waals surface area contributed by atoms with Crippen LogP contribution in [0.2, 0.25) is 0 Å². The summed E-state index contributed by atoms with van der Waals surface area (Å²) in [5.41, 5.74) is 6.91. The van der Waals surface area contributed by atoms with Crippen LogP contribution >= 0.6 is 0 Å². The second kappa shape index (κ2) is 10.5. The summed E-state index contributed by atoms with van der Waals surface area (Å²) in [6.45, 7) is 14.1. The maximum atomic E-state index is 4.23. The monoisotopic (exact) mass is 385 g/mol. The number of nitrogens with zero attached hydrogens (tertiary/aromatic N) is 3. The molecule has 0 unspecified atom stereocenters. The maximum absolute atomic E-state index is 4.23. The first-order valence-electron chi connectivity index (χ1n) is 9.89. The molecule has 4 rings (SSSR count). The zero-order valence-corrected chi connectivity index (χ0v) is 18.6. The van der Waals surface area contributed by atoms with Gasteiger partial charge < -0.3 is 0 Å². The molecule has 29 heavy (non-hydrogen) atoms. The van der Waals surface area contributed by atoms with Crippen molar-refractivity contribution in [2.24, 2.45) is 0 Å². The van der Waals surface area contributed by atoms with Crippen molar-refractivity contribution < 1.29 is 0 Å². The number of hydrogen-bond acceptors (Lipinski definition) is 3. The van der Waals surface area contributed by atoms with E-state index in [0.717, 1.165) is 28.6 Å². The van der Waals surface area contributed by atoms with Gasteiger partial charge in [-0.3, -0.25) is 4.98 Å². The third kappa shape index (κ3) is 7.82. The lowest BCUT2D eigenvalue weighted by Gasteiger charge is -1.96. The van der Waals surface area contributed by atoms with E-state index in [1.54, 1.807) is 0 Å². The predicted molar refractivity (Wildman–Crippen MR) is 123 cm³/mol. The molecule has 0 fully saturated rings. The molecule has 3 heteroatoms. The second-order valence-electron chi connectivity index (χ2n) is 7.48. The quantitative estimate of drug-likeness (QED) is 0.344. The fourth-order valence-corrected chi connectivity index (χ4v) is 3.25. The molecule has 0 aliphatic heterocycles. The normalized spacial score (nSPS) is 9.90. The third-order valence-electron chi connectivity index (χ3n) is 4.22. The molecule has 0 aliphatic rings. The average Bonchev–Trinajstić information content (AvgIpc) is 2.60. The number of pyridine rings is 1. The molecule has 0 aliphatic carbocycles. The zero-order valence-electron chi connectivity index (χ0n) is 18.6. The van der Waals surface area contributed by atoms with Gasteiger partial charge in [0.1, 0.15) is 5.82 Å². The lowest BCUT2D eigenvalue weighted by Crippen LogP contribution is -1.91. The number of fused-ring (bicyclic) bond motifs is 1. The van der Waals surface area contributed by atoms with E-state index in [-0.39, 0.29) is 0 Å². The molecule has 2 aromatic carbocycles. The molecular weight excluding hydrogens is 354 g/mol. The fourth-order valence-electron chi connectivity index (χ4n) is 3.25. The van der Waals surface area contributed by atoms with Crippen LogP contribution in [0.4, 0.5) is 0 Å².